The van der Waals surface area contributed by atoms with Crippen LogP contribution >= 0.6 is 0 Å². The second kappa shape index (κ2) is 9.10. The Bertz CT molecular complexity index is 1290. The summed E-state index contributed by atoms with van der Waals surface area (Å²) in [5, 5.41) is 1.14. The van der Waals surface area contributed by atoms with Crippen molar-refractivity contribution in [2.24, 2.45) is 0 Å². The van der Waals surface area contributed by atoms with Gasteiger partial charge in [0, 0.05) is 5.56 Å². The Morgan fingerprint density at radius 2 is 1.23 bits per heavy atom. The fourth-order valence-electron chi connectivity index (χ4n) is 3.51. The van der Waals surface area contributed by atoms with E-state index in [0.717, 1.165) is 37.0 Å². The van der Waals surface area contributed by atoms with Gasteiger partial charge in [-0.3, -0.25) is 0 Å². The van der Waals surface area contributed by atoms with Gasteiger partial charge in [0.15, 0.2) is 11.6 Å². The van der Waals surface area contributed by atoms with Crippen LogP contribution < -0.4 is 0 Å². The van der Waals surface area contributed by atoms with Crippen LogP contribution in [0, 0.1) is 29.3 Å². The molecule has 0 aromatic heterocycles. The number of fused-ring (bicyclic) bond motifs is 1. The van der Waals surface area contributed by atoms with E-state index in [4.69, 9.17) is 0 Å². The van der Waals surface area contributed by atoms with Crippen LogP contribution in [0.3, 0.4) is 0 Å². The monoisotopic (exact) mass is 414 g/mol. The molecule has 0 aliphatic heterocycles. The highest BCUT2D eigenvalue weighted by atomic mass is 19.2. The van der Waals surface area contributed by atoms with Gasteiger partial charge in [-0.15, -0.1) is 0 Å². The van der Waals surface area contributed by atoms with Gasteiger partial charge in [0.05, 0.1) is 5.56 Å². The van der Waals surface area contributed by atoms with Gasteiger partial charge in [0.2, 0.25) is 0 Å². The number of aryl methyl sites for hydroxylation is 3. The van der Waals surface area contributed by atoms with Gasteiger partial charge in [0.1, 0.15) is 5.82 Å². The SMILES string of the molecule is CCc1ccc(CCc2ccc(C#Cc3ccc4cc(F)c(F)cc4c3)c(F)c2)cc1. The summed E-state index contributed by atoms with van der Waals surface area (Å²) in [4.78, 5) is 0. The van der Waals surface area contributed by atoms with Crippen LogP contribution in [0.15, 0.2) is 72.8 Å². The maximum atomic E-state index is 14.5. The average molecular weight is 414 g/mol. The minimum Gasteiger partial charge on any atom is -0.206 e. The molecule has 4 aromatic rings. The highest BCUT2D eigenvalue weighted by Gasteiger charge is 2.05. The summed E-state index contributed by atoms with van der Waals surface area (Å²) in [6.07, 6.45) is 2.62. The molecule has 0 heterocycles. The lowest BCUT2D eigenvalue weighted by Crippen LogP contribution is -1.94. The lowest BCUT2D eigenvalue weighted by molar-refractivity contribution is 0.511. The van der Waals surface area contributed by atoms with Gasteiger partial charge in [-0.2, -0.15) is 0 Å². The fraction of sp³-hybridized carbons (Fsp3) is 0.143. The van der Waals surface area contributed by atoms with Gasteiger partial charge in [-0.25, -0.2) is 13.2 Å². The van der Waals surface area contributed by atoms with Crippen LogP contribution in [-0.4, -0.2) is 0 Å². The Labute approximate surface area is 180 Å². The number of halogens is 3. The highest BCUT2D eigenvalue weighted by molar-refractivity contribution is 5.84. The van der Waals surface area contributed by atoms with Crippen molar-refractivity contribution in [2.45, 2.75) is 26.2 Å². The molecule has 0 aliphatic rings. The zero-order valence-electron chi connectivity index (χ0n) is 17.2. The lowest BCUT2D eigenvalue weighted by Gasteiger charge is -2.05. The van der Waals surface area contributed by atoms with Crippen LogP contribution in [0.4, 0.5) is 13.2 Å². The number of rotatable bonds is 4. The van der Waals surface area contributed by atoms with E-state index in [1.807, 2.05) is 6.07 Å². The topological polar surface area (TPSA) is 0 Å². The molecule has 0 atom stereocenters. The zero-order valence-corrected chi connectivity index (χ0v) is 17.2. The Kier molecular flexibility index (Phi) is 6.09. The molecule has 0 saturated heterocycles. The molecule has 0 fully saturated rings. The minimum atomic E-state index is -0.902. The first-order valence-electron chi connectivity index (χ1n) is 10.3. The Hall–Kier alpha value is -3.51. The molecule has 0 amide bonds. The zero-order chi connectivity index (χ0) is 21.8. The molecule has 0 unspecified atom stereocenters. The van der Waals surface area contributed by atoms with Crippen LogP contribution in [-0.2, 0) is 19.3 Å². The molecule has 0 nitrogen and oxygen atoms in total. The average Bonchev–Trinajstić information content (AvgIpc) is 2.78. The molecule has 154 valence electrons. The summed E-state index contributed by atoms with van der Waals surface area (Å²) in [6.45, 7) is 2.13. The summed E-state index contributed by atoms with van der Waals surface area (Å²) in [6, 6.07) is 21.0. The third-order valence-electron chi connectivity index (χ3n) is 5.39. The minimum absolute atomic E-state index is 0.307. The van der Waals surface area contributed by atoms with Crippen LogP contribution in [0.1, 0.15) is 34.7 Å². The van der Waals surface area contributed by atoms with E-state index in [2.05, 4.69) is 43.0 Å². The summed E-state index contributed by atoms with van der Waals surface area (Å²) < 4.78 is 41.3. The second-order valence-electron chi connectivity index (χ2n) is 7.56. The highest BCUT2D eigenvalue weighted by Crippen LogP contribution is 2.20. The van der Waals surface area contributed by atoms with Crippen LogP contribution in [0.5, 0.6) is 0 Å². The number of hydrogen-bond donors (Lipinski definition) is 0. The van der Waals surface area contributed by atoms with Crippen LogP contribution in [0.25, 0.3) is 10.8 Å². The van der Waals surface area contributed by atoms with Crippen molar-refractivity contribution in [3.8, 4) is 11.8 Å². The molecule has 0 saturated carbocycles. The largest absolute Gasteiger partial charge is 0.206 e. The lowest BCUT2D eigenvalue weighted by atomic mass is 10.0. The summed E-state index contributed by atoms with van der Waals surface area (Å²) in [5.74, 6) is 3.60. The van der Waals surface area contributed by atoms with E-state index < -0.39 is 11.6 Å². The smallest absolute Gasteiger partial charge is 0.159 e. The van der Waals surface area contributed by atoms with E-state index in [0.29, 0.717) is 21.9 Å². The standard InChI is InChI=1S/C28H21F3/c1-2-19-3-5-20(6-4-19)7-8-22-10-13-23(26(29)16-22)12-9-21-11-14-24-17-27(30)28(31)18-25(24)15-21/h3-6,10-11,13-18H,2,7-8H2,1H3. The molecule has 3 heteroatoms. The summed E-state index contributed by atoms with van der Waals surface area (Å²) in [5.41, 5.74) is 4.38. The molecule has 0 N–H and O–H groups in total. The first-order chi connectivity index (χ1) is 15.0. The van der Waals surface area contributed by atoms with Gasteiger partial charge in [-0.05, 0) is 83.1 Å². The predicted octanol–water partition coefficient (Wildman–Crippen LogP) is 7.00. The molecular formula is C28H21F3. The first kappa shape index (κ1) is 20.8. The molecule has 0 aliphatic carbocycles. The second-order valence-corrected chi connectivity index (χ2v) is 7.56. The number of hydrogen-bond acceptors (Lipinski definition) is 0. The van der Waals surface area contributed by atoms with Crippen molar-refractivity contribution in [1.29, 1.82) is 0 Å². The van der Waals surface area contributed by atoms with Gasteiger partial charge in [-0.1, -0.05) is 55.2 Å². The third kappa shape index (κ3) is 4.98. The summed E-state index contributed by atoms with van der Waals surface area (Å²) in [7, 11) is 0. The molecule has 4 rings (SSSR count). The van der Waals surface area contributed by atoms with Gasteiger partial charge in [0.25, 0.3) is 0 Å². The third-order valence-corrected chi connectivity index (χ3v) is 5.39. The van der Waals surface area contributed by atoms with E-state index in [9.17, 15) is 13.2 Å². The Morgan fingerprint density at radius 3 is 1.94 bits per heavy atom. The van der Waals surface area contributed by atoms with E-state index in [1.54, 1.807) is 24.3 Å². The maximum Gasteiger partial charge on any atom is 0.159 e. The van der Waals surface area contributed by atoms with Crippen LogP contribution in [0.2, 0.25) is 0 Å². The fourth-order valence-corrected chi connectivity index (χ4v) is 3.51. The molecule has 0 radical (unpaired) electrons. The molecule has 4 aromatic carbocycles. The van der Waals surface area contributed by atoms with Crippen molar-refractivity contribution >= 4 is 10.8 Å². The molecule has 0 bridgehead atoms. The number of benzene rings is 4. The van der Waals surface area contributed by atoms with E-state index >= 15 is 0 Å². The van der Waals surface area contributed by atoms with Crippen molar-refractivity contribution in [1.82, 2.24) is 0 Å². The van der Waals surface area contributed by atoms with E-state index in [-0.39, 0.29) is 5.82 Å². The maximum absolute atomic E-state index is 14.5. The van der Waals surface area contributed by atoms with Crippen molar-refractivity contribution in [3.05, 3.63) is 118 Å². The first-order valence-corrected chi connectivity index (χ1v) is 10.3. The van der Waals surface area contributed by atoms with Gasteiger partial charge >= 0.3 is 0 Å². The molecular weight excluding hydrogens is 393 g/mol. The van der Waals surface area contributed by atoms with Crippen molar-refractivity contribution < 1.29 is 13.2 Å². The molecule has 31 heavy (non-hydrogen) atoms. The Balaban J connectivity index is 1.48. The molecule has 0 spiro atoms. The van der Waals surface area contributed by atoms with Crippen molar-refractivity contribution in [2.75, 3.05) is 0 Å². The predicted molar refractivity (Wildman–Crippen MR) is 119 cm³/mol. The van der Waals surface area contributed by atoms with Gasteiger partial charge < -0.3 is 0 Å². The summed E-state index contributed by atoms with van der Waals surface area (Å²) >= 11 is 0. The normalized spacial score (nSPS) is 10.7. The van der Waals surface area contributed by atoms with Crippen molar-refractivity contribution in [3.63, 3.8) is 0 Å². The van der Waals surface area contributed by atoms with E-state index in [1.165, 1.54) is 17.2 Å². The Morgan fingerprint density at radius 1 is 0.581 bits per heavy atom. The quantitative estimate of drug-likeness (QED) is 0.315.